The Labute approximate surface area is 158 Å². The van der Waals surface area contributed by atoms with Crippen molar-refractivity contribution in [2.24, 2.45) is 23.2 Å². The van der Waals surface area contributed by atoms with Crippen LogP contribution in [0, 0.1) is 23.2 Å². The minimum atomic E-state index is 0.245. The second-order valence-corrected chi connectivity index (χ2v) is 9.40. The zero-order valence-corrected chi connectivity index (χ0v) is 16.4. The highest BCUT2D eigenvalue weighted by Crippen LogP contribution is 2.61. The van der Waals surface area contributed by atoms with E-state index >= 15 is 0 Å². The Morgan fingerprint density at radius 2 is 1.60 bits per heavy atom. The topological polar surface area (TPSA) is 24.1 Å². The zero-order valence-electron chi connectivity index (χ0n) is 15.6. The lowest BCUT2D eigenvalue weighted by Crippen LogP contribution is -2.58. The van der Waals surface area contributed by atoms with Gasteiger partial charge in [0.2, 0.25) is 0 Å². The molecule has 0 aromatic heterocycles. The summed E-state index contributed by atoms with van der Waals surface area (Å²) in [6, 6.07) is 11.3. The van der Waals surface area contributed by atoms with Crippen LogP contribution < -0.4 is 10.6 Å². The Morgan fingerprint density at radius 1 is 1.04 bits per heavy atom. The van der Waals surface area contributed by atoms with Crippen LogP contribution >= 0.6 is 12.2 Å². The van der Waals surface area contributed by atoms with Crippen LogP contribution in [0.5, 0.6) is 0 Å². The van der Waals surface area contributed by atoms with Gasteiger partial charge in [0.1, 0.15) is 0 Å². The minimum absolute atomic E-state index is 0.245. The highest BCUT2D eigenvalue weighted by molar-refractivity contribution is 7.80. The molecule has 0 amide bonds. The molecule has 4 saturated carbocycles. The van der Waals surface area contributed by atoms with E-state index in [1.807, 2.05) is 0 Å². The van der Waals surface area contributed by atoms with Gasteiger partial charge in [-0.1, -0.05) is 37.3 Å². The standard InChI is InChI=1S/C22H32N2S/c1-3-20(22-12-16-9-17(13-22)11-18(10-16)14-22)24-21(25)23-15(2)19-7-5-4-6-8-19/h4-8,15-18,20H,3,9-14H2,1-2H3,(H2,23,24,25). The van der Waals surface area contributed by atoms with Crippen molar-refractivity contribution in [3.8, 4) is 0 Å². The zero-order chi connectivity index (χ0) is 17.4. The number of thiocarbonyl (C=S) groups is 1. The third-order valence-corrected chi connectivity index (χ3v) is 7.42. The molecule has 4 fully saturated rings. The van der Waals surface area contributed by atoms with E-state index in [4.69, 9.17) is 12.2 Å². The molecule has 4 bridgehead atoms. The predicted octanol–water partition coefficient (Wildman–Crippen LogP) is 5.21. The second-order valence-electron chi connectivity index (χ2n) is 8.99. The molecule has 4 aliphatic rings. The largest absolute Gasteiger partial charge is 0.359 e. The fourth-order valence-corrected chi connectivity index (χ4v) is 6.83. The number of hydrogen-bond acceptors (Lipinski definition) is 1. The molecule has 1 aromatic rings. The predicted molar refractivity (Wildman–Crippen MR) is 108 cm³/mol. The van der Waals surface area contributed by atoms with Gasteiger partial charge in [-0.25, -0.2) is 0 Å². The normalized spacial score (nSPS) is 35.2. The van der Waals surface area contributed by atoms with E-state index in [1.165, 1.54) is 50.5 Å². The lowest BCUT2D eigenvalue weighted by molar-refractivity contribution is -0.0711. The smallest absolute Gasteiger partial charge is 0.167 e. The molecule has 1 aromatic carbocycles. The maximum atomic E-state index is 5.71. The lowest BCUT2D eigenvalue weighted by Gasteiger charge is -2.59. The van der Waals surface area contributed by atoms with Crippen LogP contribution in [0.25, 0.3) is 0 Å². The van der Waals surface area contributed by atoms with Gasteiger partial charge in [0.25, 0.3) is 0 Å². The molecule has 3 heteroatoms. The fraction of sp³-hybridized carbons (Fsp3) is 0.682. The van der Waals surface area contributed by atoms with Gasteiger partial charge in [0, 0.05) is 6.04 Å². The van der Waals surface area contributed by atoms with Crippen molar-refractivity contribution in [2.45, 2.75) is 70.9 Å². The molecule has 136 valence electrons. The highest BCUT2D eigenvalue weighted by atomic mass is 32.1. The summed E-state index contributed by atoms with van der Waals surface area (Å²) in [5.74, 6) is 2.98. The molecule has 2 atom stereocenters. The van der Waals surface area contributed by atoms with Crippen LogP contribution in [0.1, 0.15) is 70.4 Å². The summed E-state index contributed by atoms with van der Waals surface area (Å²) in [6.45, 7) is 4.52. The summed E-state index contributed by atoms with van der Waals surface area (Å²) in [4.78, 5) is 0. The van der Waals surface area contributed by atoms with E-state index in [0.29, 0.717) is 11.5 Å². The highest BCUT2D eigenvalue weighted by Gasteiger charge is 2.53. The summed E-state index contributed by atoms with van der Waals surface area (Å²) >= 11 is 5.71. The first-order valence-corrected chi connectivity index (χ1v) is 10.6. The Kier molecular flexibility index (Phi) is 4.79. The van der Waals surface area contributed by atoms with E-state index in [9.17, 15) is 0 Å². The summed E-state index contributed by atoms with van der Waals surface area (Å²) in [5, 5.41) is 8.09. The van der Waals surface area contributed by atoms with Crippen LogP contribution in [0.4, 0.5) is 0 Å². The Balaban J connectivity index is 1.41. The van der Waals surface area contributed by atoms with Gasteiger partial charge in [-0.15, -0.1) is 0 Å². The van der Waals surface area contributed by atoms with Crippen LogP contribution in [0.15, 0.2) is 30.3 Å². The van der Waals surface area contributed by atoms with E-state index < -0.39 is 0 Å². The summed E-state index contributed by atoms with van der Waals surface area (Å²) < 4.78 is 0. The summed E-state index contributed by atoms with van der Waals surface area (Å²) in [5.41, 5.74) is 1.79. The van der Waals surface area contributed by atoms with Crippen LogP contribution in [0.2, 0.25) is 0 Å². The molecule has 2 N–H and O–H groups in total. The molecule has 0 aliphatic heterocycles. The molecule has 25 heavy (non-hydrogen) atoms. The van der Waals surface area contributed by atoms with Crippen molar-refractivity contribution in [1.29, 1.82) is 0 Å². The number of benzene rings is 1. The van der Waals surface area contributed by atoms with Crippen molar-refractivity contribution >= 4 is 17.3 Å². The third kappa shape index (κ3) is 3.45. The molecule has 2 nitrogen and oxygen atoms in total. The molecule has 0 radical (unpaired) electrons. The van der Waals surface area contributed by atoms with Crippen LogP contribution in [0.3, 0.4) is 0 Å². The number of hydrogen-bond donors (Lipinski definition) is 2. The SMILES string of the molecule is CCC(NC(=S)NC(C)c1ccccc1)C12CC3CC(CC(C3)C1)C2. The van der Waals surface area contributed by atoms with Gasteiger partial charge in [-0.05, 0) is 92.8 Å². The fourth-order valence-electron chi connectivity index (χ4n) is 6.51. The first kappa shape index (κ1) is 17.3. The molecule has 4 aliphatic carbocycles. The van der Waals surface area contributed by atoms with E-state index in [1.54, 1.807) is 0 Å². The van der Waals surface area contributed by atoms with Gasteiger partial charge in [0.05, 0.1) is 6.04 Å². The van der Waals surface area contributed by atoms with Crippen molar-refractivity contribution in [3.05, 3.63) is 35.9 Å². The summed E-state index contributed by atoms with van der Waals surface area (Å²) in [7, 11) is 0. The Morgan fingerprint density at radius 3 is 2.12 bits per heavy atom. The van der Waals surface area contributed by atoms with Crippen LogP contribution in [-0.2, 0) is 0 Å². The van der Waals surface area contributed by atoms with Gasteiger partial charge in [-0.2, -0.15) is 0 Å². The first-order chi connectivity index (χ1) is 12.1. The molecule has 5 rings (SSSR count). The van der Waals surface area contributed by atoms with Crippen molar-refractivity contribution in [1.82, 2.24) is 10.6 Å². The minimum Gasteiger partial charge on any atom is -0.359 e. The van der Waals surface area contributed by atoms with Crippen molar-refractivity contribution in [3.63, 3.8) is 0 Å². The number of nitrogens with one attached hydrogen (secondary N) is 2. The van der Waals surface area contributed by atoms with E-state index in [0.717, 1.165) is 22.9 Å². The van der Waals surface area contributed by atoms with Gasteiger partial charge >= 0.3 is 0 Å². The molecule has 0 saturated heterocycles. The molecular weight excluding hydrogens is 324 g/mol. The second kappa shape index (κ2) is 6.90. The number of rotatable bonds is 5. The van der Waals surface area contributed by atoms with E-state index in [2.05, 4.69) is 54.8 Å². The van der Waals surface area contributed by atoms with Gasteiger partial charge in [-0.3, -0.25) is 0 Å². The van der Waals surface area contributed by atoms with Crippen LogP contribution in [-0.4, -0.2) is 11.2 Å². The first-order valence-electron chi connectivity index (χ1n) is 10.2. The van der Waals surface area contributed by atoms with E-state index in [-0.39, 0.29) is 6.04 Å². The maximum Gasteiger partial charge on any atom is 0.167 e. The summed E-state index contributed by atoms with van der Waals surface area (Å²) in [6.07, 6.45) is 9.98. The van der Waals surface area contributed by atoms with Gasteiger partial charge < -0.3 is 10.6 Å². The molecule has 0 spiro atoms. The lowest BCUT2D eigenvalue weighted by atomic mass is 9.47. The average molecular weight is 357 g/mol. The van der Waals surface area contributed by atoms with Crippen molar-refractivity contribution < 1.29 is 0 Å². The Bertz CT molecular complexity index is 576. The van der Waals surface area contributed by atoms with Gasteiger partial charge in [0.15, 0.2) is 5.11 Å². The monoisotopic (exact) mass is 356 g/mol. The molecular formula is C22H32N2S. The maximum absolute atomic E-state index is 5.71. The molecule has 0 heterocycles. The quantitative estimate of drug-likeness (QED) is 0.709. The third-order valence-electron chi connectivity index (χ3n) is 7.19. The average Bonchev–Trinajstić information content (AvgIpc) is 2.59. The van der Waals surface area contributed by atoms with Crippen molar-refractivity contribution in [2.75, 3.05) is 0 Å². The molecule has 2 unspecified atom stereocenters. The Hall–Kier alpha value is -1.09.